The van der Waals surface area contributed by atoms with Crippen LogP contribution in [0.2, 0.25) is 0 Å². The van der Waals surface area contributed by atoms with Gasteiger partial charge in [0.1, 0.15) is 11.4 Å². The Balaban J connectivity index is 0.00000106. The number of carbonyl (C=O) groups is 1. The molecule has 0 aliphatic rings. The van der Waals surface area contributed by atoms with Gasteiger partial charge in [0.25, 0.3) is 0 Å². The molecule has 4 heteroatoms. The van der Waals surface area contributed by atoms with Crippen LogP contribution in [0.1, 0.15) is 40.2 Å². The normalized spacial score (nSPS) is 10.8. The first kappa shape index (κ1) is 17.1. The molecule has 0 saturated heterocycles. The van der Waals surface area contributed by atoms with Crippen LogP contribution in [-0.4, -0.2) is 23.4 Å². The zero-order chi connectivity index (χ0) is 16.2. The standard InChI is InChI=1S/C15H19NO3.C2H6/c1-10-8-12(18-5)9-11-6-7-16(13(10)11)14(17)19-15(2,3)4;1-2/h6-9H,1-5H3;1-2H3. The average molecular weight is 291 g/mol. The Morgan fingerprint density at radius 3 is 2.33 bits per heavy atom. The highest BCUT2D eigenvalue weighted by Gasteiger charge is 2.19. The third-order valence-electron chi connectivity index (χ3n) is 2.77. The van der Waals surface area contributed by atoms with E-state index in [1.807, 2.05) is 59.7 Å². The number of carbonyl (C=O) groups excluding carboxylic acids is 1. The SMILES string of the molecule is CC.COc1cc(C)c2c(ccn2C(=O)OC(C)(C)C)c1. The summed E-state index contributed by atoms with van der Waals surface area (Å²) in [5, 5.41) is 0.961. The molecule has 0 bridgehead atoms. The molecule has 0 amide bonds. The lowest BCUT2D eigenvalue weighted by Gasteiger charge is -2.20. The minimum Gasteiger partial charge on any atom is -0.497 e. The van der Waals surface area contributed by atoms with Gasteiger partial charge in [0.05, 0.1) is 12.6 Å². The van der Waals surface area contributed by atoms with Gasteiger partial charge in [-0.25, -0.2) is 4.79 Å². The third-order valence-corrected chi connectivity index (χ3v) is 2.77. The summed E-state index contributed by atoms with van der Waals surface area (Å²) in [4.78, 5) is 12.2. The van der Waals surface area contributed by atoms with Gasteiger partial charge in [0, 0.05) is 11.6 Å². The summed E-state index contributed by atoms with van der Waals surface area (Å²) >= 11 is 0. The number of methoxy groups -OCH3 is 1. The minimum atomic E-state index is -0.506. The van der Waals surface area contributed by atoms with E-state index in [4.69, 9.17) is 9.47 Å². The minimum absolute atomic E-state index is 0.365. The van der Waals surface area contributed by atoms with Crippen molar-refractivity contribution in [3.05, 3.63) is 30.0 Å². The number of rotatable bonds is 1. The van der Waals surface area contributed by atoms with Crippen LogP contribution in [-0.2, 0) is 4.74 Å². The van der Waals surface area contributed by atoms with E-state index in [9.17, 15) is 4.79 Å². The van der Waals surface area contributed by atoms with Gasteiger partial charge in [-0.2, -0.15) is 0 Å². The van der Waals surface area contributed by atoms with Gasteiger partial charge in [-0.3, -0.25) is 4.57 Å². The monoisotopic (exact) mass is 291 g/mol. The predicted molar refractivity (Wildman–Crippen MR) is 86.2 cm³/mol. The highest BCUT2D eigenvalue weighted by Crippen LogP contribution is 2.26. The third kappa shape index (κ3) is 4.00. The molecule has 1 aromatic carbocycles. The molecular formula is C17H25NO3. The van der Waals surface area contributed by atoms with E-state index in [2.05, 4.69) is 0 Å². The maximum absolute atomic E-state index is 12.2. The molecule has 116 valence electrons. The molecule has 2 rings (SSSR count). The van der Waals surface area contributed by atoms with Gasteiger partial charge in [-0.05, 0) is 51.5 Å². The number of fused-ring (bicyclic) bond motifs is 1. The second kappa shape index (κ2) is 6.66. The molecule has 4 nitrogen and oxygen atoms in total. The molecule has 0 atom stereocenters. The Morgan fingerprint density at radius 1 is 1.19 bits per heavy atom. The van der Waals surface area contributed by atoms with Crippen molar-refractivity contribution in [1.29, 1.82) is 0 Å². The molecule has 0 N–H and O–H groups in total. The van der Waals surface area contributed by atoms with Crippen molar-refractivity contribution in [2.45, 2.75) is 47.1 Å². The second-order valence-electron chi connectivity index (χ2n) is 5.55. The van der Waals surface area contributed by atoms with Gasteiger partial charge >= 0.3 is 6.09 Å². The summed E-state index contributed by atoms with van der Waals surface area (Å²) in [5.41, 5.74) is 1.33. The largest absolute Gasteiger partial charge is 0.497 e. The number of hydrogen-bond donors (Lipinski definition) is 0. The van der Waals surface area contributed by atoms with Crippen LogP contribution in [0.4, 0.5) is 4.79 Å². The molecule has 0 aliphatic heterocycles. The van der Waals surface area contributed by atoms with Crippen LogP contribution in [0.5, 0.6) is 5.75 Å². The van der Waals surface area contributed by atoms with E-state index in [0.717, 1.165) is 22.2 Å². The summed E-state index contributed by atoms with van der Waals surface area (Å²) in [6.45, 7) is 11.5. The summed E-state index contributed by atoms with van der Waals surface area (Å²) in [6.07, 6.45) is 1.36. The lowest BCUT2D eigenvalue weighted by molar-refractivity contribution is 0.0544. The van der Waals surface area contributed by atoms with Crippen molar-refractivity contribution < 1.29 is 14.3 Å². The Bertz CT molecular complexity index is 621. The summed E-state index contributed by atoms with van der Waals surface area (Å²) in [6, 6.07) is 5.70. The number of benzene rings is 1. The molecule has 1 heterocycles. The first-order chi connectivity index (χ1) is 9.81. The molecule has 21 heavy (non-hydrogen) atoms. The molecule has 0 radical (unpaired) electrons. The fraction of sp³-hybridized carbons (Fsp3) is 0.471. The van der Waals surface area contributed by atoms with Crippen molar-refractivity contribution in [3.63, 3.8) is 0 Å². The molecule has 0 aliphatic carbocycles. The van der Waals surface area contributed by atoms with Gasteiger partial charge in [0.2, 0.25) is 0 Å². The van der Waals surface area contributed by atoms with E-state index < -0.39 is 5.60 Å². The van der Waals surface area contributed by atoms with E-state index in [1.54, 1.807) is 13.3 Å². The van der Waals surface area contributed by atoms with Gasteiger partial charge in [-0.1, -0.05) is 13.8 Å². The zero-order valence-electron chi connectivity index (χ0n) is 14.0. The molecule has 0 saturated carbocycles. The molecule has 2 aromatic rings. The fourth-order valence-electron chi connectivity index (χ4n) is 2.04. The number of ether oxygens (including phenoxy) is 2. The molecule has 0 spiro atoms. The van der Waals surface area contributed by atoms with Crippen molar-refractivity contribution in [2.75, 3.05) is 7.11 Å². The Kier molecular flexibility index (Phi) is 5.41. The molecule has 0 unspecified atom stereocenters. The fourth-order valence-corrected chi connectivity index (χ4v) is 2.04. The topological polar surface area (TPSA) is 40.5 Å². The molecule has 1 aromatic heterocycles. The Labute approximate surface area is 126 Å². The number of hydrogen-bond acceptors (Lipinski definition) is 3. The quantitative estimate of drug-likeness (QED) is 0.760. The number of aromatic nitrogens is 1. The average Bonchev–Trinajstić information content (AvgIpc) is 2.83. The highest BCUT2D eigenvalue weighted by molar-refractivity contribution is 5.92. The van der Waals surface area contributed by atoms with Crippen molar-refractivity contribution in [3.8, 4) is 5.75 Å². The van der Waals surface area contributed by atoms with Crippen molar-refractivity contribution in [2.24, 2.45) is 0 Å². The number of aryl methyl sites for hydroxylation is 1. The highest BCUT2D eigenvalue weighted by atomic mass is 16.6. The first-order valence-corrected chi connectivity index (χ1v) is 7.21. The Hall–Kier alpha value is -1.97. The summed E-state index contributed by atoms with van der Waals surface area (Å²) < 4.78 is 12.2. The van der Waals surface area contributed by atoms with Crippen LogP contribution in [0.3, 0.4) is 0 Å². The van der Waals surface area contributed by atoms with Crippen LogP contribution < -0.4 is 4.74 Å². The van der Waals surface area contributed by atoms with Gasteiger partial charge in [-0.15, -0.1) is 0 Å². The first-order valence-electron chi connectivity index (χ1n) is 7.21. The van der Waals surface area contributed by atoms with Gasteiger partial charge in [0.15, 0.2) is 0 Å². The molecular weight excluding hydrogens is 266 g/mol. The maximum Gasteiger partial charge on any atom is 0.418 e. The van der Waals surface area contributed by atoms with Crippen LogP contribution >= 0.6 is 0 Å². The number of nitrogens with zero attached hydrogens (tertiary/aromatic N) is 1. The summed E-state index contributed by atoms with van der Waals surface area (Å²) in [7, 11) is 1.63. The van der Waals surface area contributed by atoms with Crippen LogP contribution in [0, 0.1) is 6.92 Å². The van der Waals surface area contributed by atoms with Crippen molar-refractivity contribution >= 4 is 17.0 Å². The zero-order valence-corrected chi connectivity index (χ0v) is 14.0. The van der Waals surface area contributed by atoms with Crippen LogP contribution in [0.15, 0.2) is 24.4 Å². The van der Waals surface area contributed by atoms with Crippen LogP contribution in [0.25, 0.3) is 10.9 Å². The second-order valence-corrected chi connectivity index (χ2v) is 5.55. The van der Waals surface area contributed by atoms with E-state index in [-0.39, 0.29) is 6.09 Å². The lowest BCUT2D eigenvalue weighted by Crippen LogP contribution is -2.26. The smallest absolute Gasteiger partial charge is 0.418 e. The van der Waals surface area contributed by atoms with E-state index >= 15 is 0 Å². The Morgan fingerprint density at radius 2 is 1.81 bits per heavy atom. The van der Waals surface area contributed by atoms with Gasteiger partial charge < -0.3 is 9.47 Å². The van der Waals surface area contributed by atoms with E-state index in [1.165, 1.54) is 4.57 Å². The molecule has 0 fully saturated rings. The summed E-state index contributed by atoms with van der Waals surface area (Å²) in [5.74, 6) is 0.784. The van der Waals surface area contributed by atoms with E-state index in [0.29, 0.717) is 0 Å². The lowest BCUT2D eigenvalue weighted by atomic mass is 10.1. The van der Waals surface area contributed by atoms with Crippen molar-refractivity contribution in [1.82, 2.24) is 4.57 Å². The maximum atomic E-state index is 12.2. The predicted octanol–water partition coefficient (Wildman–Crippen LogP) is 4.77.